The molecular formula is C23H25N3O4S. The molecule has 1 unspecified atom stereocenters. The van der Waals surface area contributed by atoms with Crippen molar-refractivity contribution in [2.24, 2.45) is 0 Å². The van der Waals surface area contributed by atoms with E-state index in [0.717, 1.165) is 24.6 Å². The van der Waals surface area contributed by atoms with Gasteiger partial charge in [-0.15, -0.1) is 0 Å². The third-order valence-corrected chi connectivity index (χ3v) is 7.69. The molecule has 0 spiro atoms. The van der Waals surface area contributed by atoms with Gasteiger partial charge in [-0.1, -0.05) is 6.42 Å². The molecule has 0 saturated carbocycles. The molecule has 0 bridgehead atoms. The number of carbonyl (C=O) groups excluding carboxylic acids is 1. The summed E-state index contributed by atoms with van der Waals surface area (Å²) in [6, 6.07) is 13.2. The van der Waals surface area contributed by atoms with Gasteiger partial charge in [-0.05, 0) is 68.3 Å². The number of nitrogens with one attached hydrogen (secondary N) is 1. The number of fused-ring (bicyclic) bond motifs is 1. The summed E-state index contributed by atoms with van der Waals surface area (Å²) in [5.41, 5.74) is 1.63. The Kier molecular flexibility index (Phi) is 5.93. The lowest BCUT2D eigenvalue weighted by Crippen LogP contribution is -2.41. The molecule has 3 aromatic rings. The molecule has 0 radical (unpaired) electrons. The standard InChI is InChI=1S/C23H25N3O4S/c1-16-6-3-4-15-26(16)31(28,29)18-10-8-17(9-11-18)23(27)25-20-12-13-21(30-2)22-19(20)7-5-14-24-22/h5,7-14,16H,3-4,6,15H2,1-2H3,(H,25,27). The molecule has 7 nitrogen and oxygen atoms in total. The number of methoxy groups -OCH3 is 1. The molecule has 1 fully saturated rings. The topological polar surface area (TPSA) is 88.6 Å². The quantitative estimate of drug-likeness (QED) is 0.648. The lowest BCUT2D eigenvalue weighted by molar-refractivity contribution is 0.102. The molecule has 4 rings (SSSR count). The second-order valence-corrected chi connectivity index (χ2v) is 9.54. The Morgan fingerprint density at radius 3 is 2.61 bits per heavy atom. The number of piperidine rings is 1. The Labute approximate surface area is 182 Å². The lowest BCUT2D eigenvalue weighted by atomic mass is 10.1. The van der Waals surface area contributed by atoms with Gasteiger partial charge in [0.05, 0.1) is 17.7 Å². The SMILES string of the molecule is COc1ccc(NC(=O)c2ccc(S(=O)(=O)N3CCCCC3C)cc2)c2cccnc12. The summed E-state index contributed by atoms with van der Waals surface area (Å²) in [5, 5.41) is 3.64. The van der Waals surface area contributed by atoms with E-state index in [-0.39, 0.29) is 16.8 Å². The zero-order valence-electron chi connectivity index (χ0n) is 17.5. The highest BCUT2D eigenvalue weighted by molar-refractivity contribution is 7.89. The maximum atomic E-state index is 13.0. The average molecular weight is 440 g/mol. The predicted octanol–water partition coefficient (Wildman–Crippen LogP) is 4.06. The van der Waals surface area contributed by atoms with Crippen LogP contribution in [0.2, 0.25) is 0 Å². The number of pyridine rings is 1. The minimum absolute atomic E-state index is 0.0151. The second-order valence-electron chi connectivity index (χ2n) is 7.65. The summed E-state index contributed by atoms with van der Waals surface area (Å²) in [5.74, 6) is 0.292. The first-order valence-corrected chi connectivity index (χ1v) is 11.7. The molecule has 1 N–H and O–H groups in total. The van der Waals surface area contributed by atoms with Crippen molar-refractivity contribution in [1.29, 1.82) is 0 Å². The van der Waals surface area contributed by atoms with E-state index in [1.54, 1.807) is 47.9 Å². The summed E-state index contributed by atoms with van der Waals surface area (Å²) in [4.78, 5) is 17.3. The minimum atomic E-state index is -3.57. The maximum Gasteiger partial charge on any atom is 0.255 e. The number of hydrogen-bond acceptors (Lipinski definition) is 5. The number of hydrogen-bond donors (Lipinski definition) is 1. The van der Waals surface area contributed by atoms with E-state index in [2.05, 4.69) is 10.3 Å². The molecule has 1 aromatic heterocycles. The van der Waals surface area contributed by atoms with Crippen molar-refractivity contribution in [3.8, 4) is 5.75 Å². The van der Waals surface area contributed by atoms with Crippen molar-refractivity contribution in [3.63, 3.8) is 0 Å². The highest BCUT2D eigenvalue weighted by atomic mass is 32.2. The first-order valence-electron chi connectivity index (χ1n) is 10.3. The fraction of sp³-hybridized carbons (Fsp3) is 0.304. The number of anilines is 1. The van der Waals surface area contributed by atoms with E-state index in [1.807, 2.05) is 13.0 Å². The van der Waals surface area contributed by atoms with Crippen LogP contribution in [0.1, 0.15) is 36.5 Å². The van der Waals surface area contributed by atoms with E-state index in [0.29, 0.717) is 29.1 Å². The Balaban J connectivity index is 1.56. The van der Waals surface area contributed by atoms with Crippen molar-refractivity contribution in [2.45, 2.75) is 37.1 Å². The molecule has 2 heterocycles. The predicted molar refractivity (Wildman–Crippen MR) is 120 cm³/mol. The summed E-state index contributed by atoms with van der Waals surface area (Å²) in [6.45, 7) is 2.47. The summed E-state index contributed by atoms with van der Waals surface area (Å²) >= 11 is 0. The average Bonchev–Trinajstić information content (AvgIpc) is 2.79. The van der Waals surface area contributed by atoms with Crippen molar-refractivity contribution < 1.29 is 17.9 Å². The maximum absolute atomic E-state index is 13.0. The van der Waals surface area contributed by atoms with Gasteiger partial charge in [-0.25, -0.2) is 8.42 Å². The number of nitrogens with zero attached hydrogens (tertiary/aromatic N) is 2. The molecule has 1 aliphatic rings. The fourth-order valence-electron chi connectivity index (χ4n) is 3.96. The van der Waals surface area contributed by atoms with Gasteiger partial charge < -0.3 is 10.1 Å². The van der Waals surface area contributed by atoms with Crippen LogP contribution >= 0.6 is 0 Å². The van der Waals surface area contributed by atoms with Crippen LogP contribution in [-0.2, 0) is 10.0 Å². The number of aromatic nitrogens is 1. The number of ether oxygens (including phenoxy) is 1. The lowest BCUT2D eigenvalue weighted by Gasteiger charge is -2.32. The molecule has 162 valence electrons. The van der Waals surface area contributed by atoms with Gasteiger partial charge in [0.1, 0.15) is 11.3 Å². The molecule has 1 saturated heterocycles. The molecular weight excluding hydrogens is 414 g/mol. The molecule has 1 amide bonds. The van der Waals surface area contributed by atoms with Gasteiger partial charge in [0.15, 0.2) is 0 Å². The number of sulfonamides is 1. The number of rotatable bonds is 5. The normalized spacial score (nSPS) is 17.4. The van der Waals surface area contributed by atoms with Crippen LogP contribution < -0.4 is 10.1 Å². The first-order chi connectivity index (χ1) is 14.9. The van der Waals surface area contributed by atoms with E-state index >= 15 is 0 Å². The molecule has 31 heavy (non-hydrogen) atoms. The van der Waals surface area contributed by atoms with Crippen molar-refractivity contribution in [1.82, 2.24) is 9.29 Å². The third-order valence-electron chi connectivity index (χ3n) is 5.67. The summed E-state index contributed by atoms with van der Waals surface area (Å²) in [6.07, 6.45) is 4.44. The Bertz CT molecular complexity index is 1210. The summed E-state index contributed by atoms with van der Waals surface area (Å²) in [7, 11) is -2.00. The first kappa shape index (κ1) is 21.3. The van der Waals surface area contributed by atoms with Gasteiger partial charge in [-0.3, -0.25) is 9.78 Å². The van der Waals surface area contributed by atoms with Crippen LogP contribution in [0.5, 0.6) is 5.75 Å². The van der Waals surface area contributed by atoms with Crippen LogP contribution in [0, 0.1) is 0 Å². The van der Waals surface area contributed by atoms with Crippen LogP contribution in [-0.4, -0.2) is 43.3 Å². The largest absolute Gasteiger partial charge is 0.494 e. The van der Waals surface area contributed by atoms with Crippen molar-refractivity contribution in [3.05, 3.63) is 60.3 Å². The van der Waals surface area contributed by atoms with E-state index < -0.39 is 10.0 Å². The molecule has 8 heteroatoms. The highest BCUT2D eigenvalue weighted by Gasteiger charge is 2.30. The minimum Gasteiger partial charge on any atom is -0.494 e. The Morgan fingerprint density at radius 2 is 1.90 bits per heavy atom. The fourth-order valence-corrected chi connectivity index (χ4v) is 5.66. The zero-order chi connectivity index (χ0) is 22.0. The Morgan fingerprint density at radius 1 is 1.13 bits per heavy atom. The van der Waals surface area contributed by atoms with Gasteiger partial charge in [0.25, 0.3) is 5.91 Å². The van der Waals surface area contributed by atoms with Crippen molar-refractivity contribution >= 4 is 32.5 Å². The van der Waals surface area contributed by atoms with E-state index in [9.17, 15) is 13.2 Å². The van der Waals surface area contributed by atoms with Crippen LogP contribution in [0.4, 0.5) is 5.69 Å². The number of amides is 1. The smallest absolute Gasteiger partial charge is 0.255 e. The van der Waals surface area contributed by atoms with Gasteiger partial charge >= 0.3 is 0 Å². The molecule has 1 aliphatic heterocycles. The van der Waals surface area contributed by atoms with Gasteiger partial charge in [-0.2, -0.15) is 4.31 Å². The second kappa shape index (κ2) is 8.64. The summed E-state index contributed by atoms with van der Waals surface area (Å²) < 4.78 is 32.9. The van der Waals surface area contributed by atoms with Crippen LogP contribution in [0.15, 0.2) is 59.6 Å². The number of benzene rings is 2. The number of carbonyl (C=O) groups is 1. The van der Waals surface area contributed by atoms with Crippen LogP contribution in [0.3, 0.4) is 0 Å². The molecule has 2 aromatic carbocycles. The van der Waals surface area contributed by atoms with Crippen LogP contribution in [0.25, 0.3) is 10.9 Å². The van der Waals surface area contributed by atoms with Gasteiger partial charge in [0.2, 0.25) is 10.0 Å². The monoisotopic (exact) mass is 439 g/mol. The van der Waals surface area contributed by atoms with Crippen molar-refractivity contribution in [2.75, 3.05) is 19.0 Å². The third kappa shape index (κ3) is 4.13. The Hall–Kier alpha value is -2.97. The molecule has 0 aliphatic carbocycles. The van der Waals surface area contributed by atoms with E-state index in [4.69, 9.17) is 4.74 Å². The molecule has 1 atom stereocenters. The van der Waals surface area contributed by atoms with Gasteiger partial charge in [0, 0.05) is 29.7 Å². The highest BCUT2D eigenvalue weighted by Crippen LogP contribution is 2.30. The zero-order valence-corrected chi connectivity index (χ0v) is 18.4. The van der Waals surface area contributed by atoms with E-state index in [1.165, 1.54) is 12.1 Å².